The van der Waals surface area contributed by atoms with Crippen molar-refractivity contribution in [2.45, 2.75) is 175 Å². The van der Waals surface area contributed by atoms with E-state index in [0.29, 0.717) is 18.0 Å². The van der Waals surface area contributed by atoms with Gasteiger partial charge in [-0.25, -0.2) is 0 Å². The van der Waals surface area contributed by atoms with Gasteiger partial charge in [0.15, 0.2) is 0 Å². The first kappa shape index (κ1) is 39.6. The van der Waals surface area contributed by atoms with Crippen LogP contribution in [-0.2, 0) is 10.8 Å². The van der Waals surface area contributed by atoms with Crippen molar-refractivity contribution in [1.29, 1.82) is 0 Å². The normalized spacial score (nSPS) is 13.3. The van der Waals surface area contributed by atoms with Crippen LogP contribution < -0.4 is 0 Å². The van der Waals surface area contributed by atoms with Crippen molar-refractivity contribution in [3.05, 3.63) is 57.6 Å². The van der Waals surface area contributed by atoms with Gasteiger partial charge in [0, 0.05) is 23.6 Å². The van der Waals surface area contributed by atoms with Gasteiger partial charge in [0.25, 0.3) is 0 Å². The van der Waals surface area contributed by atoms with Crippen LogP contribution in [-0.4, -0.2) is 35.2 Å². The van der Waals surface area contributed by atoms with Gasteiger partial charge in [0.1, 0.15) is 11.5 Å². The van der Waals surface area contributed by atoms with Gasteiger partial charge in [-0.1, -0.05) is 125 Å². The highest BCUT2D eigenvalue weighted by Crippen LogP contribution is 2.39. The number of hydrogen-bond donors (Lipinski definition) is 2. The molecular weight excluding hydrogens is 564 g/mol. The molecule has 1 unspecified atom stereocenters. The molecule has 2 rings (SSSR count). The Bertz CT molecular complexity index is 1230. The van der Waals surface area contributed by atoms with E-state index in [1.165, 1.54) is 62.5 Å². The highest BCUT2D eigenvalue weighted by molar-refractivity contribution is 5.85. The minimum absolute atomic E-state index is 0.0110. The topological polar surface area (TPSA) is 65.2 Å². The van der Waals surface area contributed by atoms with E-state index in [-0.39, 0.29) is 16.9 Å². The Kier molecular flexibility index (Phi) is 17.1. The Morgan fingerprint density at radius 2 is 1.00 bits per heavy atom. The van der Waals surface area contributed by atoms with Crippen LogP contribution in [0.2, 0.25) is 0 Å². The molecule has 0 radical (unpaired) electrons. The summed E-state index contributed by atoms with van der Waals surface area (Å²) in [6.45, 7) is 20.6. The Labute approximate surface area is 283 Å². The van der Waals surface area contributed by atoms with Gasteiger partial charge in [0.2, 0.25) is 0 Å². The minimum Gasteiger partial charge on any atom is -0.507 e. The van der Waals surface area contributed by atoms with Crippen molar-refractivity contribution < 1.29 is 10.2 Å². The van der Waals surface area contributed by atoms with Crippen molar-refractivity contribution in [2.24, 2.45) is 9.98 Å². The first-order valence-corrected chi connectivity index (χ1v) is 18.7. The largest absolute Gasteiger partial charge is 0.507 e. The average molecular weight is 633 g/mol. The molecule has 0 aromatic heterocycles. The second kappa shape index (κ2) is 19.9. The summed E-state index contributed by atoms with van der Waals surface area (Å²) >= 11 is 0. The van der Waals surface area contributed by atoms with Crippen molar-refractivity contribution in [3.63, 3.8) is 0 Å². The van der Waals surface area contributed by atoms with E-state index in [2.05, 4.69) is 72.7 Å². The monoisotopic (exact) mass is 633 g/mol. The lowest BCUT2D eigenvalue weighted by Gasteiger charge is -2.31. The van der Waals surface area contributed by atoms with Crippen molar-refractivity contribution in [3.8, 4) is 11.5 Å². The number of hydrogen-bond acceptors (Lipinski definition) is 4. The summed E-state index contributed by atoms with van der Waals surface area (Å²) in [5.74, 6) is 0.644. The molecule has 4 heteroatoms. The number of unbranched alkanes of at least 4 members (excludes halogenated alkanes) is 5. The first-order valence-electron chi connectivity index (χ1n) is 18.7. The zero-order valence-electron chi connectivity index (χ0n) is 31.1. The van der Waals surface area contributed by atoms with E-state index in [9.17, 15) is 10.2 Å². The number of aryl methyl sites for hydroxylation is 2. The predicted molar refractivity (Wildman–Crippen MR) is 202 cm³/mol. The molecular formula is C42H68N2O2. The van der Waals surface area contributed by atoms with Crippen LogP contribution in [0.25, 0.3) is 0 Å². The highest BCUT2D eigenvalue weighted by atomic mass is 16.3. The molecule has 0 heterocycles. The van der Waals surface area contributed by atoms with Crippen LogP contribution in [0, 0.1) is 13.8 Å². The standard InChI is InChI=1S/C42H68N2O2/c1-10-15-20-38(44-30-35-28-37(26-33(7)40(35)46)42(9,23-18-13-4)24-19-14-5)31-43-29-34-27-36(25-32(6)39(34)45)41(8,21-16-11-2)22-17-12-3/h25-30,38,45-46H,10-24,31H2,1-9H3. The highest BCUT2D eigenvalue weighted by Gasteiger charge is 2.28. The fourth-order valence-electron chi connectivity index (χ4n) is 6.71. The first-order chi connectivity index (χ1) is 22.0. The third kappa shape index (κ3) is 11.6. The second-order valence-corrected chi connectivity index (χ2v) is 14.6. The summed E-state index contributed by atoms with van der Waals surface area (Å²) in [7, 11) is 0. The SMILES string of the molecule is CCCCC(CN=Cc1cc(C(C)(CCCC)CCCC)cc(C)c1O)N=Cc1cc(C(C)(CCCC)CCCC)cc(C)c1O. The van der Waals surface area contributed by atoms with E-state index in [4.69, 9.17) is 9.98 Å². The van der Waals surface area contributed by atoms with E-state index < -0.39 is 0 Å². The summed E-state index contributed by atoms with van der Waals surface area (Å²) in [4.78, 5) is 9.87. The fourth-order valence-corrected chi connectivity index (χ4v) is 6.71. The van der Waals surface area contributed by atoms with Crippen molar-refractivity contribution in [1.82, 2.24) is 0 Å². The molecule has 0 aliphatic rings. The molecule has 1 atom stereocenters. The molecule has 0 saturated carbocycles. The van der Waals surface area contributed by atoms with E-state index in [1.807, 2.05) is 26.3 Å². The lowest BCUT2D eigenvalue weighted by atomic mass is 9.73. The Hall–Kier alpha value is -2.62. The van der Waals surface area contributed by atoms with Crippen molar-refractivity contribution in [2.75, 3.05) is 6.54 Å². The zero-order chi connectivity index (χ0) is 34.2. The van der Waals surface area contributed by atoms with Crippen LogP contribution in [0.1, 0.15) is 178 Å². The number of aliphatic imine (C=N–C) groups is 2. The quantitative estimate of drug-likeness (QED) is 0.127. The lowest BCUT2D eigenvalue weighted by molar-refractivity contribution is 0.373. The Morgan fingerprint density at radius 3 is 1.39 bits per heavy atom. The van der Waals surface area contributed by atoms with Crippen LogP contribution in [0.4, 0.5) is 0 Å². The summed E-state index contributed by atoms with van der Waals surface area (Å²) in [6.07, 6.45) is 21.0. The summed E-state index contributed by atoms with van der Waals surface area (Å²) in [5, 5.41) is 22.1. The maximum Gasteiger partial charge on any atom is 0.127 e. The molecule has 258 valence electrons. The van der Waals surface area contributed by atoms with Gasteiger partial charge in [-0.15, -0.1) is 0 Å². The van der Waals surface area contributed by atoms with Crippen LogP contribution in [0.15, 0.2) is 34.3 Å². The van der Waals surface area contributed by atoms with Gasteiger partial charge in [-0.2, -0.15) is 0 Å². The predicted octanol–water partition coefficient (Wildman–Crippen LogP) is 12.1. The smallest absolute Gasteiger partial charge is 0.127 e. The van der Waals surface area contributed by atoms with Gasteiger partial charge in [-0.05, 0) is 91.2 Å². The molecule has 0 fully saturated rings. The van der Waals surface area contributed by atoms with Crippen molar-refractivity contribution >= 4 is 12.4 Å². The molecule has 0 saturated heterocycles. The van der Waals surface area contributed by atoms with Gasteiger partial charge < -0.3 is 10.2 Å². The number of phenols is 2. The van der Waals surface area contributed by atoms with Gasteiger partial charge >= 0.3 is 0 Å². The summed E-state index contributed by atoms with van der Waals surface area (Å²) < 4.78 is 0. The zero-order valence-corrected chi connectivity index (χ0v) is 31.1. The van der Waals surface area contributed by atoms with E-state index in [0.717, 1.165) is 67.2 Å². The second-order valence-electron chi connectivity index (χ2n) is 14.6. The molecule has 0 amide bonds. The Balaban J connectivity index is 2.39. The molecule has 2 aromatic rings. The third-order valence-electron chi connectivity index (χ3n) is 10.2. The Morgan fingerprint density at radius 1 is 0.609 bits per heavy atom. The molecule has 0 spiro atoms. The molecule has 2 N–H and O–H groups in total. The maximum atomic E-state index is 11.1. The number of aromatic hydroxyl groups is 2. The summed E-state index contributed by atoms with van der Waals surface area (Å²) in [6, 6.07) is 8.73. The molecule has 0 aliphatic heterocycles. The fraction of sp³-hybridized carbons (Fsp3) is 0.667. The van der Waals surface area contributed by atoms with Gasteiger partial charge in [-0.3, -0.25) is 9.98 Å². The van der Waals surface area contributed by atoms with Gasteiger partial charge in [0.05, 0.1) is 12.6 Å². The number of nitrogens with zero attached hydrogens (tertiary/aromatic N) is 2. The molecule has 0 aliphatic carbocycles. The maximum absolute atomic E-state index is 11.1. The van der Waals surface area contributed by atoms with Crippen LogP contribution >= 0.6 is 0 Å². The van der Waals surface area contributed by atoms with Crippen LogP contribution in [0.5, 0.6) is 11.5 Å². The number of phenolic OH excluding ortho intramolecular Hbond substituents is 2. The molecule has 2 aromatic carbocycles. The number of benzene rings is 2. The minimum atomic E-state index is 0.0110. The molecule has 0 bridgehead atoms. The lowest BCUT2D eigenvalue weighted by Crippen LogP contribution is -2.22. The summed E-state index contributed by atoms with van der Waals surface area (Å²) in [5.41, 5.74) is 6.24. The van der Waals surface area contributed by atoms with E-state index in [1.54, 1.807) is 0 Å². The van der Waals surface area contributed by atoms with Crippen LogP contribution in [0.3, 0.4) is 0 Å². The third-order valence-corrected chi connectivity index (χ3v) is 10.2. The van der Waals surface area contributed by atoms with E-state index >= 15 is 0 Å². The molecule has 4 nitrogen and oxygen atoms in total. The average Bonchev–Trinajstić information content (AvgIpc) is 3.05. The number of rotatable bonds is 22. The molecule has 46 heavy (non-hydrogen) atoms.